The van der Waals surface area contributed by atoms with Gasteiger partial charge in [0.1, 0.15) is 5.75 Å². The Morgan fingerprint density at radius 2 is 2.21 bits per heavy atom. The van der Waals surface area contributed by atoms with Gasteiger partial charge in [0.05, 0.1) is 20.8 Å². The minimum atomic E-state index is -0.195. The molecule has 1 fully saturated rings. The normalized spacial score (nSPS) is 17.7. The third-order valence-corrected chi connectivity index (χ3v) is 3.96. The van der Waals surface area contributed by atoms with Crippen LogP contribution in [0.25, 0.3) is 6.08 Å². The number of carbonyl (C=O) groups is 1. The monoisotopic (exact) mass is 279 g/mol. The molecule has 0 N–H and O–H groups in total. The Labute approximate surface area is 117 Å². The first-order valence-corrected chi connectivity index (χ1v) is 6.97. The number of hydrogen-bond acceptors (Lipinski definition) is 5. The lowest BCUT2D eigenvalue weighted by molar-refractivity contribution is -0.141. The summed E-state index contributed by atoms with van der Waals surface area (Å²) in [5.41, 5.74) is 1.06. The maximum absolute atomic E-state index is 11.2. The van der Waals surface area contributed by atoms with Crippen molar-refractivity contribution in [2.75, 3.05) is 33.2 Å². The van der Waals surface area contributed by atoms with Crippen LogP contribution >= 0.6 is 11.8 Å². The summed E-state index contributed by atoms with van der Waals surface area (Å²) in [4.78, 5) is 14.5. The summed E-state index contributed by atoms with van der Waals surface area (Å²) >= 11 is 1.74. The lowest BCUT2D eigenvalue weighted by atomic mass is 10.2. The van der Waals surface area contributed by atoms with Gasteiger partial charge in [-0.3, -0.25) is 9.69 Å². The second-order valence-electron chi connectivity index (χ2n) is 4.19. The van der Waals surface area contributed by atoms with Crippen molar-refractivity contribution in [2.24, 2.45) is 0 Å². The predicted molar refractivity (Wildman–Crippen MR) is 77.0 cm³/mol. The van der Waals surface area contributed by atoms with E-state index in [-0.39, 0.29) is 5.97 Å². The molecule has 0 amide bonds. The maximum Gasteiger partial charge on any atom is 0.319 e. The summed E-state index contributed by atoms with van der Waals surface area (Å²) < 4.78 is 10.00. The fourth-order valence-electron chi connectivity index (χ4n) is 1.88. The van der Waals surface area contributed by atoms with Gasteiger partial charge in [-0.25, -0.2) is 0 Å². The Balaban J connectivity index is 2.03. The van der Waals surface area contributed by atoms with Crippen LogP contribution in [0.2, 0.25) is 0 Å². The van der Waals surface area contributed by atoms with Crippen LogP contribution in [-0.2, 0) is 9.53 Å². The number of benzene rings is 1. The zero-order valence-electron chi connectivity index (χ0n) is 11.1. The number of carbonyl (C=O) groups excluding carboxylic acids is 1. The van der Waals surface area contributed by atoms with Gasteiger partial charge in [-0.1, -0.05) is 18.2 Å². The van der Waals surface area contributed by atoms with Crippen LogP contribution in [0.3, 0.4) is 0 Å². The predicted octanol–water partition coefficient (Wildman–Crippen LogP) is 2.22. The number of ether oxygens (including phenoxy) is 2. The standard InChI is InChI=1S/C14H17NO3S/c1-17-13-6-4-3-5-11(13)7-12-8-15(10-19-12)9-14(16)18-2/h3-7H,8-10H2,1-2H3. The highest BCUT2D eigenvalue weighted by Gasteiger charge is 2.20. The van der Waals surface area contributed by atoms with Crippen LogP contribution in [0.5, 0.6) is 5.75 Å². The number of rotatable bonds is 4. The van der Waals surface area contributed by atoms with Gasteiger partial charge in [0.15, 0.2) is 0 Å². The minimum Gasteiger partial charge on any atom is -0.496 e. The number of nitrogens with zero attached hydrogens (tertiary/aromatic N) is 1. The van der Waals surface area contributed by atoms with E-state index in [1.807, 2.05) is 24.3 Å². The van der Waals surface area contributed by atoms with E-state index >= 15 is 0 Å². The van der Waals surface area contributed by atoms with Crippen molar-refractivity contribution in [3.63, 3.8) is 0 Å². The molecule has 1 aliphatic rings. The third-order valence-electron chi connectivity index (χ3n) is 2.85. The van der Waals surface area contributed by atoms with Gasteiger partial charge in [0, 0.05) is 22.9 Å². The van der Waals surface area contributed by atoms with Crippen molar-refractivity contribution < 1.29 is 14.3 Å². The average molecular weight is 279 g/mol. The molecule has 0 unspecified atom stereocenters. The first-order valence-electron chi connectivity index (χ1n) is 5.98. The number of esters is 1. The van der Waals surface area contributed by atoms with Gasteiger partial charge in [-0.15, -0.1) is 11.8 Å². The number of methoxy groups -OCH3 is 2. The summed E-state index contributed by atoms with van der Waals surface area (Å²) in [6, 6.07) is 7.90. The maximum atomic E-state index is 11.2. The van der Waals surface area contributed by atoms with Gasteiger partial charge in [0.25, 0.3) is 0 Å². The molecular formula is C14H17NO3S. The molecule has 1 aromatic carbocycles. The summed E-state index contributed by atoms with van der Waals surface area (Å²) in [7, 11) is 3.08. The van der Waals surface area contributed by atoms with Crippen LogP contribution in [0, 0.1) is 0 Å². The highest BCUT2D eigenvalue weighted by molar-refractivity contribution is 8.03. The third kappa shape index (κ3) is 3.75. The molecule has 0 radical (unpaired) electrons. The highest BCUT2D eigenvalue weighted by atomic mass is 32.2. The lowest BCUT2D eigenvalue weighted by Gasteiger charge is -2.10. The van der Waals surface area contributed by atoms with Gasteiger partial charge in [-0.05, 0) is 12.1 Å². The van der Waals surface area contributed by atoms with Crippen LogP contribution in [0.15, 0.2) is 29.2 Å². The molecule has 4 nitrogen and oxygen atoms in total. The molecule has 0 saturated carbocycles. The Hall–Kier alpha value is -1.46. The van der Waals surface area contributed by atoms with Gasteiger partial charge in [0.2, 0.25) is 0 Å². The first-order chi connectivity index (χ1) is 9.22. The molecule has 19 heavy (non-hydrogen) atoms. The molecule has 2 rings (SSSR count). The van der Waals surface area contributed by atoms with Crippen molar-refractivity contribution in [3.8, 4) is 5.75 Å². The summed E-state index contributed by atoms with van der Waals surface area (Å²) in [5.74, 6) is 1.48. The molecule has 1 heterocycles. The van der Waals surface area contributed by atoms with Gasteiger partial charge < -0.3 is 9.47 Å². The summed E-state index contributed by atoms with van der Waals surface area (Å²) in [5, 5.41) is 0. The van der Waals surface area contributed by atoms with E-state index in [1.54, 1.807) is 18.9 Å². The first kappa shape index (κ1) is 14.0. The molecule has 1 aliphatic heterocycles. The second kappa shape index (κ2) is 6.63. The van der Waals surface area contributed by atoms with Crippen molar-refractivity contribution in [3.05, 3.63) is 34.7 Å². The number of para-hydroxylation sites is 1. The number of hydrogen-bond donors (Lipinski definition) is 0. The Bertz CT molecular complexity index is 487. The Kier molecular flexibility index (Phi) is 4.87. The van der Waals surface area contributed by atoms with Crippen molar-refractivity contribution in [1.82, 2.24) is 4.90 Å². The smallest absolute Gasteiger partial charge is 0.319 e. The molecule has 0 aliphatic carbocycles. The molecule has 0 aromatic heterocycles. The fraction of sp³-hybridized carbons (Fsp3) is 0.357. The van der Waals surface area contributed by atoms with E-state index in [4.69, 9.17) is 4.74 Å². The van der Waals surface area contributed by atoms with Crippen molar-refractivity contribution in [1.29, 1.82) is 0 Å². The molecule has 0 bridgehead atoms. The van der Waals surface area contributed by atoms with E-state index in [2.05, 4.69) is 15.7 Å². The largest absolute Gasteiger partial charge is 0.496 e. The highest BCUT2D eigenvalue weighted by Crippen LogP contribution is 2.30. The Morgan fingerprint density at radius 1 is 1.42 bits per heavy atom. The molecule has 0 atom stereocenters. The van der Waals surface area contributed by atoms with E-state index in [0.29, 0.717) is 6.54 Å². The van der Waals surface area contributed by atoms with Crippen LogP contribution in [0.4, 0.5) is 0 Å². The zero-order chi connectivity index (χ0) is 13.7. The van der Waals surface area contributed by atoms with Crippen LogP contribution in [-0.4, -0.2) is 44.1 Å². The van der Waals surface area contributed by atoms with Crippen molar-refractivity contribution >= 4 is 23.8 Å². The van der Waals surface area contributed by atoms with Crippen LogP contribution < -0.4 is 4.74 Å². The number of thioether (sulfide) groups is 1. The van der Waals surface area contributed by atoms with Gasteiger partial charge in [-0.2, -0.15) is 0 Å². The Morgan fingerprint density at radius 3 is 2.95 bits per heavy atom. The molecule has 1 saturated heterocycles. The molecule has 0 spiro atoms. The molecule has 102 valence electrons. The van der Waals surface area contributed by atoms with E-state index in [9.17, 15) is 4.79 Å². The second-order valence-corrected chi connectivity index (χ2v) is 5.26. The van der Waals surface area contributed by atoms with Crippen LogP contribution in [0.1, 0.15) is 5.56 Å². The SMILES string of the molecule is COC(=O)CN1CSC(=Cc2ccccc2OC)C1. The quantitative estimate of drug-likeness (QED) is 0.790. The fourth-order valence-corrected chi connectivity index (χ4v) is 2.90. The van der Waals surface area contributed by atoms with E-state index < -0.39 is 0 Å². The topological polar surface area (TPSA) is 38.8 Å². The summed E-state index contributed by atoms with van der Waals surface area (Å²) in [6.07, 6.45) is 2.11. The lowest BCUT2D eigenvalue weighted by Crippen LogP contribution is -2.27. The average Bonchev–Trinajstić information content (AvgIpc) is 2.86. The van der Waals surface area contributed by atoms with Crippen molar-refractivity contribution in [2.45, 2.75) is 0 Å². The zero-order valence-corrected chi connectivity index (χ0v) is 11.9. The van der Waals surface area contributed by atoms with Gasteiger partial charge >= 0.3 is 5.97 Å². The minimum absolute atomic E-state index is 0.195. The molecule has 1 aromatic rings. The molecular weight excluding hydrogens is 262 g/mol. The van der Waals surface area contributed by atoms with E-state index in [1.165, 1.54) is 12.0 Å². The molecule has 5 heteroatoms. The van der Waals surface area contributed by atoms with E-state index in [0.717, 1.165) is 23.7 Å². The summed E-state index contributed by atoms with van der Waals surface area (Å²) in [6.45, 7) is 1.12.